The van der Waals surface area contributed by atoms with Crippen molar-refractivity contribution in [1.29, 1.82) is 0 Å². The number of aliphatic imine (C=N–C) groups is 1. The fourth-order valence-corrected chi connectivity index (χ4v) is 2.82. The Morgan fingerprint density at radius 3 is 2.48 bits per heavy atom. The van der Waals surface area contributed by atoms with E-state index in [1.165, 1.54) is 43.5 Å². The highest BCUT2D eigenvalue weighted by Gasteiger charge is 2.30. The molecule has 1 fully saturated rings. The van der Waals surface area contributed by atoms with E-state index in [9.17, 15) is 13.2 Å². The Morgan fingerprint density at radius 2 is 1.88 bits per heavy atom. The van der Waals surface area contributed by atoms with Crippen LogP contribution in [0.3, 0.4) is 0 Å². The Hall–Kier alpha value is -1.96. The molecule has 1 heterocycles. The number of alkyl halides is 3. The molecule has 5 nitrogen and oxygen atoms in total. The predicted molar refractivity (Wildman–Crippen MR) is 92.7 cm³/mol. The second-order valence-electron chi connectivity index (χ2n) is 6.39. The number of piperidine rings is 1. The predicted octanol–water partition coefficient (Wildman–Crippen LogP) is 3.43. The number of ether oxygens (including phenoxy) is 1. The third-order valence-electron chi connectivity index (χ3n) is 3.95. The molecule has 1 aliphatic heterocycles. The number of anilines is 1. The fraction of sp³-hybridized carbons (Fsp3) is 0.588. The molecule has 0 bridgehead atoms. The molecule has 0 aliphatic carbocycles. The Labute approximate surface area is 146 Å². The highest BCUT2D eigenvalue weighted by atomic mass is 19.4. The maximum Gasteiger partial charge on any atom is 0.573 e. The first kappa shape index (κ1) is 19.4. The molecule has 25 heavy (non-hydrogen) atoms. The van der Waals surface area contributed by atoms with Crippen LogP contribution in [0.4, 0.5) is 18.9 Å². The smallest absolute Gasteiger partial charge is 0.406 e. The van der Waals surface area contributed by atoms with Gasteiger partial charge in [0.15, 0.2) is 5.96 Å². The lowest BCUT2D eigenvalue weighted by molar-refractivity contribution is -0.274. The van der Waals surface area contributed by atoms with Gasteiger partial charge in [-0.25, -0.2) is 0 Å². The molecule has 1 aromatic rings. The molecular formula is C17H25F3N4O. The highest BCUT2D eigenvalue weighted by Crippen LogP contribution is 2.23. The van der Waals surface area contributed by atoms with Gasteiger partial charge in [-0.1, -0.05) is 13.3 Å². The van der Waals surface area contributed by atoms with Gasteiger partial charge in [-0.15, -0.1) is 13.2 Å². The lowest BCUT2D eigenvalue weighted by Crippen LogP contribution is -2.34. The molecule has 0 spiro atoms. The third-order valence-corrected chi connectivity index (χ3v) is 3.95. The molecule has 0 amide bonds. The number of nitrogens with two attached hydrogens (primary N) is 1. The van der Waals surface area contributed by atoms with Crippen molar-refractivity contribution in [3.63, 3.8) is 0 Å². The topological polar surface area (TPSA) is 62.9 Å². The number of guanidine groups is 1. The van der Waals surface area contributed by atoms with Gasteiger partial charge in [-0.2, -0.15) is 0 Å². The first-order chi connectivity index (χ1) is 11.8. The Morgan fingerprint density at radius 1 is 1.24 bits per heavy atom. The maximum atomic E-state index is 12.1. The molecule has 1 aliphatic rings. The average molecular weight is 358 g/mol. The molecule has 8 heteroatoms. The van der Waals surface area contributed by atoms with E-state index in [1.807, 2.05) is 0 Å². The number of halogens is 3. The van der Waals surface area contributed by atoms with Crippen molar-refractivity contribution in [3.05, 3.63) is 24.3 Å². The zero-order valence-electron chi connectivity index (χ0n) is 14.4. The SMILES string of the molecule is CC(CN=C(N)Nc1ccc(OC(F)(F)F)cc1)CN1CCCCC1. The highest BCUT2D eigenvalue weighted by molar-refractivity contribution is 5.92. The van der Waals surface area contributed by atoms with Gasteiger partial charge in [-0.05, 0) is 56.1 Å². The summed E-state index contributed by atoms with van der Waals surface area (Å²) < 4.78 is 40.2. The third kappa shape index (κ3) is 7.64. The quantitative estimate of drug-likeness (QED) is 0.604. The van der Waals surface area contributed by atoms with Gasteiger partial charge < -0.3 is 20.7 Å². The van der Waals surface area contributed by atoms with Gasteiger partial charge in [0.2, 0.25) is 0 Å². The van der Waals surface area contributed by atoms with Crippen LogP contribution in [0.25, 0.3) is 0 Å². The van der Waals surface area contributed by atoms with Crippen LogP contribution >= 0.6 is 0 Å². The van der Waals surface area contributed by atoms with Gasteiger partial charge in [0, 0.05) is 18.8 Å². The van der Waals surface area contributed by atoms with Crippen LogP contribution in [0.15, 0.2) is 29.3 Å². The van der Waals surface area contributed by atoms with Gasteiger partial charge >= 0.3 is 6.36 Å². The van der Waals surface area contributed by atoms with E-state index in [4.69, 9.17) is 5.73 Å². The van der Waals surface area contributed by atoms with E-state index in [0.29, 0.717) is 18.2 Å². The number of likely N-dealkylation sites (tertiary alicyclic amines) is 1. The number of nitrogens with zero attached hydrogens (tertiary/aromatic N) is 2. The fourth-order valence-electron chi connectivity index (χ4n) is 2.82. The van der Waals surface area contributed by atoms with Crippen molar-refractivity contribution < 1.29 is 17.9 Å². The molecule has 1 unspecified atom stereocenters. The number of hydrogen-bond donors (Lipinski definition) is 2. The number of benzene rings is 1. The molecule has 1 aromatic carbocycles. The van der Waals surface area contributed by atoms with Gasteiger partial charge in [0.1, 0.15) is 5.75 Å². The minimum Gasteiger partial charge on any atom is -0.406 e. The summed E-state index contributed by atoms with van der Waals surface area (Å²) in [6.07, 6.45) is -0.867. The van der Waals surface area contributed by atoms with Crippen molar-refractivity contribution >= 4 is 11.6 Å². The molecule has 0 radical (unpaired) electrons. The Bertz CT molecular complexity index is 554. The standard InChI is InChI=1S/C17H25F3N4O/c1-13(12-24-9-3-2-4-10-24)11-22-16(21)23-14-5-7-15(8-6-14)25-17(18,19)20/h5-8,13H,2-4,9-12H2,1H3,(H3,21,22,23). The van der Waals surface area contributed by atoms with Gasteiger partial charge in [0.25, 0.3) is 0 Å². The Kier molecular flexibility index (Phi) is 6.92. The molecule has 3 N–H and O–H groups in total. The van der Waals surface area contributed by atoms with E-state index in [0.717, 1.165) is 19.6 Å². The summed E-state index contributed by atoms with van der Waals surface area (Å²) in [4.78, 5) is 6.76. The summed E-state index contributed by atoms with van der Waals surface area (Å²) in [5.41, 5.74) is 6.40. The van der Waals surface area contributed by atoms with Gasteiger partial charge in [0.05, 0.1) is 0 Å². The minimum absolute atomic E-state index is 0.245. The summed E-state index contributed by atoms with van der Waals surface area (Å²) in [6.45, 7) is 6.03. The maximum absolute atomic E-state index is 12.1. The van der Waals surface area contributed by atoms with Crippen molar-refractivity contribution in [1.82, 2.24) is 4.90 Å². The molecule has 140 valence electrons. The Balaban J connectivity index is 1.78. The zero-order valence-corrected chi connectivity index (χ0v) is 14.4. The summed E-state index contributed by atoms with van der Waals surface area (Å²) in [7, 11) is 0. The number of nitrogens with one attached hydrogen (secondary N) is 1. The van der Waals surface area contributed by atoms with Crippen LogP contribution in [0.2, 0.25) is 0 Å². The first-order valence-corrected chi connectivity index (χ1v) is 8.47. The average Bonchev–Trinajstić information content (AvgIpc) is 2.54. The second kappa shape index (κ2) is 8.94. The first-order valence-electron chi connectivity index (χ1n) is 8.47. The van der Waals surface area contributed by atoms with Crippen LogP contribution in [-0.2, 0) is 0 Å². The minimum atomic E-state index is -4.69. The van der Waals surface area contributed by atoms with Crippen molar-refractivity contribution in [2.45, 2.75) is 32.5 Å². The lowest BCUT2D eigenvalue weighted by atomic mass is 10.1. The summed E-state index contributed by atoms with van der Waals surface area (Å²) >= 11 is 0. The molecule has 2 rings (SSSR count). The molecule has 0 aromatic heterocycles. The number of hydrogen-bond acceptors (Lipinski definition) is 3. The summed E-state index contributed by atoms with van der Waals surface area (Å²) in [6, 6.07) is 5.37. The largest absolute Gasteiger partial charge is 0.573 e. The lowest BCUT2D eigenvalue weighted by Gasteiger charge is -2.28. The van der Waals surface area contributed by atoms with Crippen molar-refractivity contribution in [2.75, 3.05) is 31.5 Å². The van der Waals surface area contributed by atoms with E-state index in [2.05, 4.69) is 26.9 Å². The summed E-state index contributed by atoms with van der Waals surface area (Å²) in [5.74, 6) is 0.361. The van der Waals surface area contributed by atoms with Crippen LogP contribution in [0, 0.1) is 5.92 Å². The van der Waals surface area contributed by atoms with Crippen LogP contribution in [-0.4, -0.2) is 43.4 Å². The zero-order chi connectivity index (χ0) is 18.3. The molecule has 1 saturated heterocycles. The molecular weight excluding hydrogens is 333 g/mol. The normalized spacial score (nSPS) is 18.0. The van der Waals surface area contributed by atoms with E-state index in [-0.39, 0.29) is 11.7 Å². The second-order valence-corrected chi connectivity index (χ2v) is 6.39. The van der Waals surface area contributed by atoms with E-state index >= 15 is 0 Å². The van der Waals surface area contributed by atoms with Gasteiger partial charge in [-0.3, -0.25) is 4.99 Å². The van der Waals surface area contributed by atoms with Crippen LogP contribution < -0.4 is 15.8 Å². The summed E-state index contributed by atoms with van der Waals surface area (Å²) in [5, 5.41) is 2.87. The van der Waals surface area contributed by atoms with Crippen LogP contribution in [0.1, 0.15) is 26.2 Å². The monoisotopic (exact) mass is 358 g/mol. The van der Waals surface area contributed by atoms with Crippen LogP contribution in [0.5, 0.6) is 5.75 Å². The number of rotatable bonds is 6. The van der Waals surface area contributed by atoms with Crippen molar-refractivity contribution in [3.8, 4) is 5.75 Å². The van der Waals surface area contributed by atoms with E-state index in [1.54, 1.807) is 0 Å². The van der Waals surface area contributed by atoms with E-state index < -0.39 is 6.36 Å². The molecule has 0 saturated carbocycles. The van der Waals surface area contributed by atoms with Crippen molar-refractivity contribution in [2.24, 2.45) is 16.6 Å². The molecule has 1 atom stereocenters.